The second-order valence-electron chi connectivity index (χ2n) is 7.81. The Bertz CT molecular complexity index is 804. The van der Waals surface area contributed by atoms with Gasteiger partial charge < -0.3 is 42.7 Å². The molecule has 0 bridgehead atoms. The van der Waals surface area contributed by atoms with Crippen LogP contribution in [0, 0.1) is 5.92 Å². The molecule has 3 atom stereocenters. The molecule has 190 valence electrons. The molecule has 9 N–H and O–H groups in total. The largest absolute Gasteiger partial charge is 0.480 e. The Hall–Kier alpha value is -3.75. The maximum atomic E-state index is 12.4. The van der Waals surface area contributed by atoms with Crippen molar-refractivity contribution in [2.24, 2.45) is 11.7 Å². The maximum Gasteiger partial charge on any atom is 0.322 e. The summed E-state index contributed by atoms with van der Waals surface area (Å²) in [5.74, 6) is -4.90. The number of carbonyl (C=O) groups excluding carboxylic acids is 6. The van der Waals surface area contributed by atoms with Gasteiger partial charge in [0.1, 0.15) is 12.6 Å². The monoisotopic (exact) mass is 485 g/mol. The third kappa shape index (κ3) is 11.8. The van der Waals surface area contributed by atoms with E-state index < -0.39 is 73.8 Å². The molecule has 34 heavy (non-hydrogen) atoms. The lowest BCUT2D eigenvalue weighted by Crippen LogP contribution is -2.52. The van der Waals surface area contributed by atoms with E-state index in [9.17, 15) is 33.6 Å². The summed E-state index contributed by atoms with van der Waals surface area (Å²) in [6.45, 7) is 0.638. The summed E-state index contributed by atoms with van der Waals surface area (Å²) < 4.78 is 0. The van der Waals surface area contributed by atoms with Gasteiger partial charge in [-0.05, 0) is 25.3 Å². The van der Waals surface area contributed by atoms with E-state index in [-0.39, 0.29) is 18.7 Å². The zero-order chi connectivity index (χ0) is 25.7. The molecule has 1 aliphatic rings. The summed E-state index contributed by atoms with van der Waals surface area (Å²) in [4.78, 5) is 81.3. The van der Waals surface area contributed by atoms with Gasteiger partial charge in [0.05, 0.1) is 25.7 Å². The number of rotatable bonds is 14. The van der Waals surface area contributed by atoms with E-state index in [1.165, 1.54) is 0 Å². The van der Waals surface area contributed by atoms with E-state index >= 15 is 0 Å². The number of hydrogen-bond donors (Lipinski definition) is 8. The molecular formula is C19H31N7O8. The first-order valence-corrected chi connectivity index (χ1v) is 10.6. The van der Waals surface area contributed by atoms with Crippen LogP contribution in [0.2, 0.25) is 0 Å². The van der Waals surface area contributed by atoms with Gasteiger partial charge in [0.25, 0.3) is 0 Å². The Balaban J connectivity index is 2.47. The third-order valence-electron chi connectivity index (χ3n) is 4.73. The van der Waals surface area contributed by atoms with Crippen molar-refractivity contribution in [1.29, 1.82) is 0 Å². The summed E-state index contributed by atoms with van der Waals surface area (Å²) in [7, 11) is 0. The van der Waals surface area contributed by atoms with E-state index in [0.29, 0.717) is 18.9 Å². The van der Waals surface area contributed by atoms with Crippen molar-refractivity contribution in [3.05, 3.63) is 0 Å². The van der Waals surface area contributed by atoms with Gasteiger partial charge in [-0.15, -0.1) is 0 Å². The molecule has 1 fully saturated rings. The SMILES string of the molecule is CC1CNC(C(=O)NCC(=O)NC(CCC(N)=O)C(=O)NCC(=O)NCC(=O)NCC(=O)O)C1. The number of aliphatic carboxylic acids is 1. The van der Waals surface area contributed by atoms with Crippen molar-refractivity contribution in [2.45, 2.75) is 38.3 Å². The van der Waals surface area contributed by atoms with Gasteiger partial charge in [-0.2, -0.15) is 0 Å². The standard InChI is InChI=1S/C19H31N7O8/c1-10-4-12(21-5-10)19(34)25-8-16(30)26-11(2-3-13(20)27)18(33)24-7-15(29)22-6-14(28)23-9-17(31)32/h10-12,21H,2-9H2,1H3,(H2,20,27)(H,22,29)(H,23,28)(H,24,33)(H,25,34)(H,26,30)(H,31,32). The van der Waals surface area contributed by atoms with Crippen LogP contribution in [0.15, 0.2) is 0 Å². The fourth-order valence-electron chi connectivity index (χ4n) is 2.97. The smallest absolute Gasteiger partial charge is 0.322 e. The highest BCUT2D eigenvalue weighted by Crippen LogP contribution is 2.12. The number of nitrogens with two attached hydrogens (primary N) is 1. The van der Waals surface area contributed by atoms with Gasteiger partial charge in [-0.3, -0.25) is 33.6 Å². The van der Waals surface area contributed by atoms with Crippen molar-refractivity contribution in [3.8, 4) is 0 Å². The highest BCUT2D eigenvalue weighted by atomic mass is 16.4. The topological polar surface area (TPSA) is 238 Å². The first-order valence-electron chi connectivity index (χ1n) is 10.6. The highest BCUT2D eigenvalue weighted by Gasteiger charge is 2.27. The van der Waals surface area contributed by atoms with Gasteiger partial charge in [0.2, 0.25) is 35.4 Å². The van der Waals surface area contributed by atoms with Gasteiger partial charge >= 0.3 is 5.97 Å². The predicted octanol–water partition coefficient (Wildman–Crippen LogP) is -4.72. The average molecular weight is 485 g/mol. The molecule has 1 rings (SSSR count). The van der Waals surface area contributed by atoms with Crippen LogP contribution >= 0.6 is 0 Å². The molecule has 15 nitrogen and oxygen atoms in total. The molecule has 3 unspecified atom stereocenters. The van der Waals surface area contributed by atoms with Crippen LogP contribution in [0.5, 0.6) is 0 Å². The molecule has 0 aromatic carbocycles. The molecule has 1 saturated heterocycles. The Morgan fingerprint density at radius 2 is 1.50 bits per heavy atom. The first-order chi connectivity index (χ1) is 16.0. The van der Waals surface area contributed by atoms with Crippen LogP contribution in [0.1, 0.15) is 26.2 Å². The summed E-state index contributed by atoms with van der Waals surface area (Å²) in [5, 5.41) is 22.8. The zero-order valence-electron chi connectivity index (χ0n) is 18.8. The second-order valence-corrected chi connectivity index (χ2v) is 7.81. The van der Waals surface area contributed by atoms with Crippen LogP contribution in [0.4, 0.5) is 0 Å². The van der Waals surface area contributed by atoms with Crippen LogP contribution in [-0.4, -0.2) is 91.3 Å². The Kier molecular flexibility index (Phi) is 12.0. The number of primary amides is 1. The minimum atomic E-state index is -1.25. The summed E-state index contributed by atoms with van der Waals surface area (Å²) in [5.41, 5.74) is 5.10. The lowest BCUT2D eigenvalue weighted by molar-refractivity contribution is -0.138. The fraction of sp³-hybridized carbons (Fsp3) is 0.632. The Morgan fingerprint density at radius 3 is 2.06 bits per heavy atom. The third-order valence-corrected chi connectivity index (χ3v) is 4.73. The Morgan fingerprint density at radius 1 is 0.912 bits per heavy atom. The van der Waals surface area contributed by atoms with Gasteiger partial charge in [-0.25, -0.2) is 0 Å². The number of carbonyl (C=O) groups is 7. The van der Waals surface area contributed by atoms with Gasteiger partial charge in [0, 0.05) is 6.42 Å². The van der Waals surface area contributed by atoms with Gasteiger partial charge in [-0.1, -0.05) is 6.92 Å². The maximum absolute atomic E-state index is 12.4. The molecule has 15 heteroatoms. The molecule has 0 spiro atoms. The molecular weight excluding hydrogens is 454 g/mol. The first kappa shape index (κ1) is 28.3. The number of carboxylic acid groups (broad SMARTS) is 1. The van der Waals surface area contributed by atoms with Crippen molar-refractivity contribution in [2.75, 3.05) is 32.7 Å². The lowest BCUT2D eigenvalue weighted by Gasteiger charge is -2.18. The van der Waals surface area contributed by atoms with E-state index in [1.807, 2.05) is 12.2 Å². The minimum absolute atomic E-state index is 0.137. The van der Waals surface area contributed by atoms with Crippen LogP contribution < -0.4 is 37.6 Å². The number of amides is 6. The lowest BCUT2D eigenvalue weighted by atomic mass is 10.1. The number of nitrogens with one attached hydrogen (secondary N) is 6. The predicted molar refractivity (Wildman–Crippen MR) is 116 cm³/mol. The van der Waals surface area contributed by atoms with Crippen molar-refractivity contribution < 1.29 is 38.7 Å². The summed E-state index contributed by atoms with van der Waals surface area (Å²) in [6.07, 6.45) is 0.284. The van der Waals surface area contributed by atoms with E-state index in [4.69, 9.17) is 10.8 Å². The molecule has 1 heterocycles. The van der Waals surface area contributed by atoms with Gasteiger partial charge in [0.15, 0.2) is 0 Å². The zero-order valence-corrected chi connectivity index (χ0v) is 18.8. The molecule has 1 aliphatic heterocycles. The molecule has 0 radical (unpaired) electrons. The second kappa shape index (κ2) is 14.4. The van der Waals surface area contributed by atoms with Crippen molar-refractivity contribution in [3.63, 3.8) is 0 Å². The number of hydrogen-bond acceptors (Lipinski definition) is 8. The summed E-state index contributed by atoms with van der Waals surface area (Å²) >= 11 is 0. The Labute approximate surface area is 195 Å². The summed E-state index contributed by atoms with van der Waals surface area (Å²) in [6, 6.07) is -1.60. The average Bonchev–Trinajstić information content (AvgIpc) is 3.21. The quantitative estimate of drug-likeness (QED) is 0.118. The fourth-order valence-corrected chi connectivity index (χ4v) is 2.97. The molecule has 0 saturated carbocycles. The van der Waals surface area contributed by atoms with Crippen LogP contribution in [-0.2, 0) is 33.6 Å². The van der Waals surface area contributed by atoms with Crippen molar-refractivity contribution in [1.82, 2.24) is 31.9 Å². The molecule has 0 aromatic rings. The normalized spacial score (nSPS) is 17.7. The number of carboxylic acids is 1. The van der Waals surface area contributed by atoms with E-state index in [1.54, 1.807) is 0 Å². The van der Waals surface area contributed by atoms with E-state index in [0.717, 1.165) is 0 Å². The highest BCUT2D eigenvalue weighted by molar-refractivity contribution is 5.93. The van der Waals surface area contributed by atoms with Crippen LogP contribution in [0.25, 0.3) is 0 Å². The molecule has 0 aromatic heterocycles. The van der Waals surface area contributed by atoms with Crippen LogP contribution in [0.3, 0.4) is 0 Å². The minimum Gasteiger partial charge on any atom is -0.480 e. The molecule has 6 amide bonds. The molecule has 0 aliphatic carbocycles. The van der Waals surface area contributed by atoms with Crippen molar-refractivity contribution >= 4 is 41.4 Å². The van der Waals surface area contributed by atoms with E-state index in [2.05, 4.69) is 26.6 Å².